The van der Waals surface area contributed by atoms with Gasteiger partial charge in [-0.05, 0) is 20.8 Å². The number of nitrogens with zero attached hydrogens (tertiary/aromatic N) is 2. The first-order valence-corrected chi connectivity index (χ1v) is 9.64. The van der Waals surface area contributed by atoms with Gasteiger partial charge in [0, 0.05) is 40.6 Å². The summed E-state index contributed by atoms with van der Waals surface area (Å²) in [7, 11) is 0. The number of hydrogen-bond donors (Lipinski definition) is 1. The monoisotopic (exact) mass is 373 g/mol. The zero-order valence-electron chi connectivity index (χ0n) is 14.8. The highest BCUT2D eigenvalue weighted by molar-refractivity contribution is 7.90. The fourth-order valence-corrected chi connectivity index (χ4v) is 4.05. The van der Waals surface area contributed by atoms with Crippen molar-refractivity contribution in [3.8, 4) is 17.2 Å². The van der Waals surface area contributed by atoms with E-state index in [2.05, 4.69) is 15.0 Å². The summed E-state index contributed by atoms with van der Waals surface area (Å²) in [5.41, 5.74) is 4.09. The van der Waals surface area contributed by atoms with E-state index in [4.69, 9.17) is 14.2 Å². The molecular formula is C18H19N3O4S. The molecule has 1 atom stereocenters. The van der Waals surface area contributed by atoms with Crippen LogP contribution in [0.5, 0.6) is 17.2 Å². The molecule has 0 saturated carbocycles. The van der Waals surface area contributed by atoms with Crippen LogP contribution in [-0.4, -0.2) is 32.9 Å². The normalized spacial score (nSPS) is 14.0. The molecule has 3 heterocycles. The number of nitrogens with one attached hydrogen (secondary N) is 1. The molecule has 1 aromatic carbocycles. The highest BCUT2D eigenvalue weighted by Crippen LogP contribution is 2.36. The predicted octanol–water partition coefficient (Wildman–Crippen LogP) is 3.01. The van der Waals surface area contributed by atoms with Crippen molar-refractivity contribution in [1.29, 1.82) is 0 Å². The van der Waals surface area contributed by atoms with E-state index in [1.54, 1.807) is 12.3 Å². The first kappa shape index (κ1) is 17.0. The van der Waals surface area contributed by atoms with Crippen LogP contribution in [0.1, 0.15) is 23.7 Å². The predicted molar refractivity (Wildman–Crippen MR) is 97.2 cm³/mol. The number of hydrogen-bond acceptors (Lipinski definition) is 6. The molecule has 0 aliphatic carbocycles. The molecule has 1 aliphatic heterocycles. The number of imidazole rings is 1. The number of rotatable bonds is 5. The van der Waals surface area contributed by atoms with Crippen molar-refractivity contribution in [1.82, 2.24) is 15.0 Å². The standard InChI is InChI=1S/C18H19N3O4S/c1-4-23-17-10(2)7-19-14(11(17)3)8-26(22)18-20-12-5-15-16(25-9-24-15)6-13(12)21-18/h5-7H,4,8-9H2,1-3H3,(H,20,21). The SMILES string of the molecule is CCOc1c(C)cnc(C[S+]([O-])c2nc3cc4c(cc3[nH]2)OCO4)c1C. The molecule has 0 bridgehead atoms. The Morgan fingerprint density at radius 2 is 2.04 bits per heavy atom. The number of aryl methyl sites for hydroxylation is 1. The number of benzene rings is 1. The summed E-state index contributed by atoms with van der Waals surface area (Å²) in [6, 6.07) is 3.60. The first-order valence-electron chi connectivity index (χ1n) is 8.32. The van der Waals surface area contributed by atoms with E-state index in [1.165, 1.54) is 0 Å². The van der Waals surface area contributed by atoms with Crippen molar-refractivity contribution < 1.29 is 18.8 Å². The lowest BCUT2D eigenvalue weighted by atomic mass is 10.1. The van der Waals surface area contributed by atoms with Gasteiger partial charge >= 0.3 is 5.16 Å². The molecule has 0 fully saturated rings. The van der Waals surface area contributed by atoms with E-state index in [0.717, 1.165) is 28.1 Å². The summed E-state index contributed by atoms with van der Waals surface area (Å²) < 4.78 is 29.2. The average molecular weight is 373 g/mol. The average Bonchev–Trinajstić information content (AvgIpc) is 3.24. The molecule has 136 valence electrons. The zero-order chi connectivity index (χ0) is 18.3. The summed E-state index contributed by atoms with van der Waals surface area (Å²) in [5.74, 6) is 2.39. The van der Waals surface area contributed by atoms with E-state index in [0.29, 0.717) is 28.8 Å². The van der Waals surface area contributed by atoms with Gasteiger partial charge in [0.15, 0.2) is 17.3 Å². The van der Waals surface area contributed by atoms with Gasteiger partial charge in [0.05, 0.1) is 23.3 Å². The summed E-state index contributed by atoms with van der Waals surface area (Å²) >= 11 is -1.36. The fraction of sp³-hybridized carbons (Fsp3) is 0.333. The number of fused-ring (bicyclic) bond motifs is 2. The molecule has 1 unspecified atom stereocenters. The van der Waals surface area contributed by atoms with Crippen molar-refractivity contribution in [3.05, 3.63) is 35.2 Å². The van der Waals surface area contributed by atoms with E-state index in [9.17, 15) is 4.55 Å². The Bertz CT molecular complexity index is 932. The van der Waals surface area contributed by atoms with Gasteiger partial charge in [0.25, 0.3) is 0 Å². The summed E-state index contributed by atoms with van der Waals surface area (Å²) in [6.45, 7) is 6.62. The van der Waals surface area contributed by atoms with Crippen LogP contribution in [0.25, 0.3) is 11.0 Å². The Kier molecular flexibility index (Phi) is 4.37. The lowest BCUT2D eigenvalue weighted by molar-refractivity contribution is 0.174. The Hall–Kier alpha value is -2.45. The lowest BCUT2D eigenvalue weighted by Gasteiger charge is -2.14. The fourth-order valence-electron chi connectivity index (χ4n) is 2.95. The highest BCUT2D eigenvalue weighted by Gasteiger charge is 2.23. The molecule has 1 aliphatic rings. The third-order valence-corrected chi connectivity index (χ3v) is 5.43. The molecule has 0 amide bonds. The minimum atomic E-state index is -1.36. The molecular weight excluding hydrogens is 354 g/mol. The maximum Gasteiger partial charge on any atom is 0.322 e. The van der Waals surface area contributed by atoms with Crippen molar-refractivity contribution >= 4 is 22.2 Å². The second-order valence-electron chi connectivity index (χ2n) is 6.03. The van der Waals surface area contributed by atoms with Crippen LogP contribution in [0.3, 0.4) is 0 Å². The van der Waals surface area contributed by atoms with Crippen LogP contribution in [0.15, 0.2) is 23.5 Å². The van der Waals surface area contributed by atoms with Crippen LogP contribution in [-0.2, 0) is 16.9 Å². The van der Waals surface area contributed by atoms with Gasteiger partial charge in [-0.1, -0.05) is 0 Å². The Morgan fingerprint density at radius 3 is 2.81 bits per heavy atom. The number of aromatic nitrogens is 3. The van der Waals surface area contributed by atoms with Crippen molar-refractivity contribution in [3.63, 3.8) is 0 Å². The van der Waals surface area contributed by atoms with Gasteiger partial charge in [-0.15, -0.1) is 0 Å². The van der Waals surface area contributed by atoms with Crippen LogP contribution in [0.4, 0.5) is 0 Å². The maximum absolute atomic E-state index is 12.8. The maximum atomic E-state index is 12.8. The summed E-state index contributed by atoms with van der Waals surface area (Å²) in [4.78, 5) is 12.0. The first-order chi connectivity index (χ1) is 12.6. The van der Waals surface area contributed by atoms with E-state index in [1.807, 2.05) is 26.8 Å². The van der Waals surface area contributed by atoms with Gasteiger partial charge in [-0.25, -0.2) is 0 Å². The second-order valence-corrected chi connectivity index (χ2v) is 7.40. The molecule has 26 heavy (non-hydrogen) atoms. The topological polar surface area (TPSA) is 92.3 Å². The van der Waals surface area contributed by atoms with Gasteiger partial charge in [-0.2, -0.15) is 4.98 Å². The van der Waals surface area contributed by atoms with Gasteiger partial charge in [-0.3, -0.25) is 9.97 Å². The van der Waals surface area contributed by atoms with E-state index < -0.39 is 11.2 Å². The number of ether oxygens (including phenoxy) is 3. The minimum absolute atomic E-state index is 0.210. The molecule has 7 nitrogen and oxygen atoms in total. The molecule has 0 spiro atoms. The molecule has 2 aromatic heterocycles. The Morgan fingerprint density at radius 1 is 1.27 bits per heavy atom. The minimum Gasteiger partial charge on any atom is -0.609 e. The van der Waals surface area contributed by atoms with Crippen LogP contribution >= 0.6 is 0 Å². The van der Waals surface area contributed by atoms with Crippen molar-refractivity contribution in [2.24, 2.45) is 0 Å². The molecule has 0 radical (unpaired) electrons. The number of pyridine rings is 1. The third-order valence-electron chi connectivity index (χ3n) is 4.27. The van der Waals surface area contributed by atoms with Crippen LogP contribution in [0, 0.1) is 13.8 Å². The van der Waals surface area contributed by atoms with E-state index >= 15 is 0 Å². The largest absolute Gasteiger partial charge is 0.609 e. The number of H-pyrrole nitrogens is 1. The molecule has 3 aromatic rings. The smallest absolute Gasteiger partial charge is 0.322 e. The number of aromatic amines is 1. The summed E-state index contributed by atoms with van der Waals surface area (Å²) in [5, 5.41) is 0.406. The van der Waals surface area contributed by atoms with Crippen LogP contribution < -0.4 is 14.2 Å². The lowest BCUT2D eigenvalue weighted by Crippen LogP contribution is -2.11. The van der Waals surface area contributed by atoms with Crippen LogP contribution in [0.2, 0.25) is 0 Å². The highest BCUT2D eigenvalue weighted by atomic mass is 32.2. The Balaban J connectivity index is 1.61. The molecule has 0 saturated heterocycles. The Labute approximate surface area is 153 Å². The van der Waals surface area contributed by atoms with Crippen molar-refractivity contribution in [2.45, 2.75) is 31.7 Å². The molecule has 4 rings (SSSR count). The zero-order valence-corrected chi connectivity index (χ0v) is 15.6. The second kappa shape index (κ2) is 6.69. The van der Waals surface area contributed by atoms with Gasteiger partial charge in [0.1, 0.15) is 5.75 Å². The third kappa shape index (κ3) is 2.95. The quantitative estimate of drug-likeness (QED) is 0.691. The molecule has 8 heteroatoms. The van der Waals surface area contributed by atoms with Gasteiger partial charge < -0.3 is 18.8 Å². The van der Waals surface area contributed by atoms with Gasteiger partial charge in [0.2, 0.25) is 6.79 Å². The summed E-state index contributed by atoms with van der Waals surface area (Å²) in [6.07, 6.45) is 1.75. The van der Waals surface area contributed by atoms with E-state index in [-0.39, 0.29) is 12.5 Å². The van der Waals surface area contributed by atoms with Crippen molar-refractivity contribution in [2.75, 3.05) is 13.4 Å². The molecule has 1 N–H and O–H groups in total.